The van der Waals surface area contributed by atoms with E-state index in [2.05, 4.69) is 43.0 Å². The molecule has 1 N–H and O–H groups in total. The van der Waals surface area contributed by atoms with Crippen molar-refractivity contribution in [2.45, 2.75) is 19.4 Å². The molecule has 3 rings (SSSR count). The summed E-state index contributed by atoms with van der Waals surface area (Å²) in [5, 5.41) is 7.87. The maximum Gasteiger partial charge on any atom is 0.252 e. The molecular formula is C18H20BrClN2OS. The number of piperidine rings is 1. The first-order chi connectivity index (χ1) is 11.6. The van der Waals surface area contributed by atoms with Crippen LogP contribution in [0.15, 0.2) is 39.5 Å². The highest BCUT2D eigenvalue weighted by Crippen LogP contribution is 2.22. The average molecular weight is 428 g/mol. The largest absolute Gasteiger partial charge is 0.352 e. The smallest absolute Gasteiger partial charge is 0.252 e. The number of carbonyl (C=O) groups excluding carboxylic acids is 1. The molecule has 0 aliphatic carbocycles. The van der Waals surface area contributed by atoms with Crippen LogP contribution in [0.1, 0.15) is 28.8 Å². The lowest BCUT2D eigenvalue weighted by atomic mass is 9.96. The molecule has 0 unspecified atom stereocenters. The van der Waals surface area contributed by atoms with Gasteiger partial charge in [0.15, 0.2) is 0 Å². The maximum absolute atomic E-state index is 12.3. The van der Waals surface area contributed by atoms with Gasteiger partial charge in [0.05, 0.1) is 10.6 Å². The van der Waals surface area contributed by atoms with Crippen molar-refractivity contribution in [2.75, 3.05) is 19.6 Å². The number of thiophene rings is 1. The van der Waals surface area contributed by atoms with Gasteiger partial charge in [-0.3, -0.25) is 9.69 Å². The fourth-order valence-electron chi connectivity index (χ4n) is 2.99. The predicted octanol–water partition coefficient (Wildman–Crippen LogP) is 4.81. The van der Waals surface area contributed by atoms with E-state index in [0.717, 1.165) is 36.9 Å². The van der Waals surface area contributed by atoms with Gasteiger partial charge in [-0.15, -0.1) is 0 Å². The molecule has 1 aromatic carbocycles. The Morgan fingerprint density at radius 1 is 1.33 bits per heavy atom. The van der Waals surface area contributed by atoms with E-state index >= 15 is 0 Å². The van der Waals surface area contributed by atoms with E-state index in [1.165, 1.54) is 5.56 Å². The molecule has 1 aliphatic rings. The second-order valence-corrected chi connectivity index (χ2v) is 8.29. The normalized spacial score (nSPS) is 16.2. The van der Waals surface area contributed by atoms with Crippen LogP contribution in [0, 0.1) is 5.92 Å². The average Bonchev–Trinajstić information content (AvgIpc) is 3.09. The first-order valence-corrected chi connectivity index (χ1v) is 10.2. The van der Waals surface area contributed by atoms with Crippen molar-refractivity contribution in [2.24, 2.45) is 5.92 Å². The number of hydrogen-bond donors (Lipinski definition) is 1. The van der Waals surface area contributed by atoms with Gasteiger partial charge in [-0.1, -0.05) is 27.5 Å². The van der Waals surface area contributed by atoms with E-state index in [9.17, 15) is 4.79 Å². The molecule has 0 spiro atoms. The molecule has 0 bridgehead atoms. The van der Waals surface area contributed by atoms with Gasteiger partial charge in [-0.25, -0.2) is 0 Å². The van der Waals surface area contributed by atoms with Crippen LogP contribution in [0.2, 0.25) is 5.02 Å². The summed E-state index contributed by atoms with van der Waals surface area (Å²) in [6.45, 7) is 3.94. The lowest BCUT2D eigenvalue weighted by Gasteiger charge is -2.31. The summed E-state index contributed by atoms with van der Waals surface area (Å²) < 4.78 is 0.860. The number of benzene rings is 1. The van der Waals surface area contributed by atoms with E-state index in [1.807, 2.05) is 6.07 Å². The minimum atomic E-state index is -0.0954. The van der Waals surface area contributed by atoms with E-state index < -0.39 is 0 Å². The molecule has 1 aliphatic heterocycles. The highest BCUT2D eigenvalue weighted by Gasteiger charge is 2.20. The summed E-state index contributed by atoms with van der Waals surface area (Å²) in [5.41, 5.74) is 1.93. The third-order valence-electron chi connectivity index (χ3n) is 4.42. The Morgan fingerprint density at radius 3 is 2.83 bits per heavy atom. The topological polar surface area (TPSA) is 32.3 Å². The van der Waals surface area contributed by atoms with Gasteiger partial charge >= 0.3 is 0 Å². The van der Waals surface area contributed by atoms with E-state index in [0.29, 0.717) is 23.0 Å². The molecule has 0 saturated carbocycles. The second-order valence-electron chi connectivity index (χ2n) is 6.19. The molecule has 0 atom stereocenters. The van der Waals surface area contributed by atoms with Crippen molar-refractivity contribution in [1.82, 2.24) is 10.2 Å². The van der Waals surface area contributed by atoms with Crippen molar-refractivity contribution in [1.29, 1.82) is 0 Å². The van der Waals surface area contributed by atoms with Crippen LogP contribution >= 0.6 is 38.9 Å². The summed E-state index contributed by atoms with van der Waals surface area (Å²) in [4.78, 5) is 14.8. The van der Waals surface area contributed by atoms with Crippen molar-refractivity contribution < 1.29 is 4.79 Å². The molecule has 0 radical (unpaired) electrons. The zero-order chi connectivity index (χ0) is 16.9. The van der Waals surface area contributed by atoms with Crippen LogP contribution in [0.4, 0.5) is 0 Å². The number of hydrogen-bond acceptors (Lipinski definition) is 3. The molecule has 1 aromatic heterocycles. The molecule has 24 heavy (non-hydrogen) atoms. The summed E-state index contributed by atoms with van der Waals surface area (Å²) in [5.74, 6) is 0.445. The van der Waals surface area contributed by atoms with Crippen LogP contribution < -0.4 is 5.32 Å². The zero-order valence-electron chi connectivity index (χ0n) is 13.3. The van der Waals surface area contributed by atoms with E-state index in [4.69, 9.17) is 11.6 Å². The fourth-order valence-corrected chi connectivity index (χ4v) is 4.22. The molecule has 2 heterocycles. The second kappa shape index (κ2) is 8.48. The lowest BCUT2D eigenvalue weighted by molar-refractivity contribution is 0.0935. The Hall–Kier alpha value is -0.880. The molecule has 128 valence electrons. The quantitative estimate of drug-likeness (QED) is 0.743. The number of amides is 1. The fraction of sp³-hybridized carbons (Fsp3) is 0.389. The number of carbonyl (C=O) groups is 1. The summed E-state index contributed by atoms with van der Waals surface area (Å²) in [6, 6.07) is 7.53. The number of rotatable bonds is 5. The SMILES string of the molecule is O=C(NCC1CCN(Cc2ccsc2)CC1)c1cc(Br)ccc1Cl. The van der Waals surface area contributed by atoms with Gasteiger partial charge in [0.2, 0.25) is 0 Å². The van der Waals surface area contributed by atoms with Gasteiger partial charge in [-0.2, -0.15) is 11.3 Å². The summed E-state index contributed by atoms with van der Waals surface area (Å²) in [6.07, 6.45) is 2.24. The van der Waals surface area contributed by atoms with Crippen LogP contribution in [0.3, 0.4) is 0 Å². The monoisotopic (exact) mass is 426 g/mol. The first kappa shape index (κ1) is 17.9. The van der Waals surface area contributed by atoms with Crippen molar-refractivity contribution in [3.8, 4) is 0 Å². The third kappa shape index (κ3) is 4.82. The molecule has 3 nitrogen and oxygen atoms in total. The molecule has 6 heteroatoms. The number of nitrogens with one attached hydrogen (secondary N) is 1. The molecule has 1 saturated heterocycles. The Labute approximate surface area is 160 Å². The Kier molecular flexibility index (Phi) is 6.33. The highest BCUT2D eigenvalue weighted by molar-refractivity contribution is 9.10. The van der Waals surface area contributed by atoms with Gasteiger partial charge < -0.3 is 5.32 Å². The van der Waals surface area contributed by atoms with Gasteiger partial charge in [0.25, 0.3) is 5.91 Å². The molecule has 1 amide bonds. The van der Waals surface area contributed by atoms with Crippen molar-refractivity contribution in [3.63, 3.8) is 0 Å². The van der Waals surface area contributed by atoms with Gasteiger partial charge in [0, 0.05) is 17.6 Å². The number of likely N-dealkylation sites (tertiary alicyclic amines) is 1. The van der Waals surface area contributed by atoms with Crippen molar-refractivity contribution >= 4 is 44.8 Å². The van der Waals surface area contributed by atoms with Crippen molar-refractivity contribution in [3.05, 3.63) is 55.6 Å². The molecule has 2 aromatic rings. The Morgan fingerprint density at radius 2 is 2.12 bits per heavy atom. The van der Waals surface area contributed by atoms with Crippen LogP contribution in [0.25, 0.3) is 0 Å². The van der Waals surface area contributed by atoms with Crippen LogP contribution in [-0.4, -0.2) is 30.4 Å². The maximum atomic E-state index is 12.3. The Bertz CT molecular complexity index is 684. The molecular weight excluding hydrogens is 408 g/mol. The van der Waals surface area contributed by atoms with E-state index in [1.54, 1.807) is 23.5 Å². The predicted molar refractivity (Wildman–Crippen MR) is 104 cm³/mol. The van der Waals surface area contributed by atoms with Crippen LogP contribution in [0.5, 0.6) is 0 Å². The zero-order valence-corrected chi connectivity index (χ0v) is 16.5. The lowest BCUT2D eigenvalue weighted by Crippen LogP contribution is -2.38. The minimum absolute atomic E-state index is 0.0954. The van der Waals surface area contributed by atoms with Crippen LogP contribution in [-0.2, 0) is 6.54 Å². The first-order valence-electron chi connectivity index (χ1n) is 8.08. The third-order valence-corrected chi connectivity index (χ3v) is 5.97. The van der Waals surface area contributed by atoms with Gasteiger partial charge in [0.1, 0.15) is 0 Å². The summed E-state index contributed by atoms with van der Waals surface area (Å²) in [7, 11) is 0. The molecule has 1 fully saturated rings. The summed E-state index contributed by atoms with van der Waals surface area (Å²) >= 11 is 11.2. The van der Waals surface area contributed by atoms with Gasteiger partial charge in [-0.05, 0) is 72.4 Å². The number of nitrogens with zero attached hydrogens (tertiary/aromatic N) is 1. The minimum Gasteiger partial charge on any atom is -0.352 e. The number of halogens is 2. The standard InChI is InChI=1S/C18H20BrClN2OS/c19-15-1-2-17(20)16(9-15)18(23)21-10-13-3-6-22(7-4-13)11-14-5-8-24-12-14/h1-2,5,8-9,12-13H,3-4,6-7,10-11H2,(H,21,23). The Balaban J connectivity index is 1.44. The highest BCUT2D eigenvalue weighted by atomic mass is 79.9. The van der Waals surface area contributed by atoms with E-state index in [-0.39, 0.29) is 5.91 Å².